The van der Waals surface area contributed by atoms with Gasteiger partial charge in [0.15, 0.2) is 0 Å². The van der Waals surface area contributed by atoms with E-state index in [1.165, 1.54) is 18.4 Å². The second kappa shape index (κ2) is 10.2. The van der Waals surface area contributed by atoms with Gasteiger partial charge in [0.05, 0.1) is 17.4 Å². The molecule has 1 saturated heterocycles. The predicted octanol–water partition coefficient (Wildman–Crippen LogP) is 3.36. The Kier molecular flexibility index (Phi) is 7.28. The highest BCUT2D eigenvalue weighted by Crippen LogP contribution is 2.28. The number of likely N-dealkylation sites (tertiary alicyclic amines) is 1. The van der Waals surface area contributed by atoms with Gasteiger partial charge in [0.1, 0.15) is 5.69 Å². The SMILES string of the molecule is CCOC(=O)C1CCN(C(=O)c2cc3cc(S(=O)(=O)N(C)C)ccc3n2Cc2ccccc2)CC1. The summed E-state index contributed by atoms with van der Waals surface area (Å²) < 4.78 is 33.6. The van der Waals surface area contributed by atoms with Crippen LogP contribution >= 0.6 is 0 Å². The lowest BCUT2D eigenvalue weighted by molar-refractivity contribution is -0.149. The first-order valence-corrected chi connectivity index (χ1v) is 13.2. The third-order valence-corrected chi connectivity index (χ3v) is 8.27. The molecule has 0 unspecified atom stereocenters. The van der Waals surface area contributed by atoms with Crippen LogP contribution in [0.1, 0.15) is 35.8 Å². The van der Waals surface area contributed by atoms with Crippen molar-refractivity contribution in [3.05, 3.63) is 65.9 Å². The van der Waals surface area contributed by atoms with Gasteiger partial charge in [0.25, 0.3) is 5.91 Å². The number of carbonyl (C=O) groups is 2. The summed E-state index contributed by atoms with van der Waals surface area (Å²) in [5, 5.41) is 0.689. The molecule has 2 aromatic carbocycles. The van der Waals surface area contributed by atoms with Crippen LogP contribution in [0.4, 0.5) is 0 Å². The molecule has 3 aromatic rings. The molecule has 1 aliphatic heterocycles. The van der Waals surface area contributed by atoms with Gasteiger partial charge in [-0.2, -0.15) is 0 Å². The van der Waals surface area contributed by atoms with Crippen molar-refractivity contribution in [2.24, 2.45) is 5.92 Å². The Morgan fingerprint density at radius 2 is 1.71 bits per heavy atom. The molecule has 0 spiro atoms. The van der Waals surface area contributed by atoms with Crippen molar-refractivity contribution in [2.75, 3.05) is 33.8 Å². The lowest BCUT2D eigenvalue weighted by Gasteiger charge is -2.31. The van der Waals surface area contributed by atoms with Crippen LogP contribution in [-0.2, 0) is 26.1 Å². The maximum absolute atomic E-state index is 13.6. The van der Waals surface area contributed by atoms with E-state index in [2.05, 4.69) is 0 Å². The lowest BCUT2D eigenvalue weighted by Crippen LogP contribution is -2.41. The fourth-order valence-electron chi connectivity index (χ4n) is 4.47. The Hall–Kier alpha value is -3.17. The van der Waals surface area contributed by atoms with E-state index in [1.807, 2.05) is 34.9 Å². The Morgan fingerprint density at radius 1 is 1.03 bits per heavy atom. The van der Waals surface area contributed by atoms with Crippen LogP contribution in [-0.4, -0.2) is 67.9 Å². The number of esters is 1. The number of aromatic nitrogens is 1. The maximum Gasteiger partial charge on any atom is 0.309 e. The molecule has 186 valence electrons. The standard InChI is InChI=1S/C26H31N3O5S/c1-4-34-26(31)20-12-14-28(15-13-20)25(30)24-17-21-16-22(35(32,33)27(2)3)10-11-23(21)29(24)18-19-8-6-5-7-9-19/h5-11,16-17,20H,4,12-15,18H2,1-3H3. The monoisotopic (exact) mass is 497 g/mol. The zero-order valence-corrected chi connectivity index (χ0v) is 21.1. The van der Waals surface area contributed by atoms with Crippen LogP contribution < -0.4 is 0 Å². The van der Waals surface area contributed by atoms with Crippen molar-refractivity contribution in [3.8, 4) is 0 Å². The molecule has 1 amide bonds. The lowest BCUT2D eigenvalue weighted by atomic mass is 9.97. The first-order valence-electron chi connectivity index (χ1n) is 11.8. The molecule has 0 N–H and O–H groups in total. The molecule has 4 rings (SSSR count). The summed E-state index contributed by atoms with van der Waals surface area (Å²) >= 11 is 0. The fourth-order valence-corrected chi connectivity index (χ4v) is 5.41. The van der Waals surface area contributed by atoms with Crippen LogP contribution in [0.2, 0.25) is 0 Å². The Bertz CT molecular complexity index is 1320. The molecule has 9 heteroatoms. The van der Waals surface area contributed by atoms with Gasteiger partial charge in [-0.05, 0) is 49.6 Å². The molecular formula is C26H31N3O5S. The highest BCUT2D eigenvalue weighted by Gasteiger charge is 2.30. The van der Waals surface area contributed by atoms with Gasteiger partial charge >= 0.3 is 5.97 Å². The van der Waals surface area contributed by atoms with Gasteiger partial charge in [0.2, 0.25) is 10.0 Å². The zero-order chi connectivity index (χ0) is 25.2. The van der Waals surface area contributed by atoms with E-state index < -0.39 is 10.0 Å². The average Bonchev–Trinajstić information content (AvgIpc) is 3.22. The Labute approximate surface area is 206 Å². The molecule has 0 radical (unpaired) electrons. The second-order valence-electron chi connectivity index (χ2n) is 8.93. The van der Waals surface area contributed by atoms with Crippen molar-refractivity contribution in [1.82, 2.24) is 13.8 Å². The quantitative estimate of drug-likeness (QED) is 0.467. The van der Waals surface area contributed by atoms with Gasteiger partial charge in [-0.1, -0.05) is 30.3 Å². The summed E-state index contributed by atoms with van der Waals surface area (Å²) in [6, 6.07) is 16.6. The van der Waals surface area contributed by atoms with E-state index in [-0.39, 0.29) is 22.7 Å². The number of ether oxygens (including phenoxy) is 1. The van der Waals surface area contributed by atoms with Gasteiger partial charge in [-0.15, -0.1) is 0 Å². The molecule has 8 nitrogen and oxygen atoms in total. The van der Waals surface area contributed by atoms with Crippen LogP contribution in [0.25, 0.3) is 10.9 Å². The Balaban J connectivity index is 1.69. The summed E-state index contributed by atoms with van der Waals surface area (Å²) in [4.78, 5) is 27.7. The largest absolute Gasteiger partial charge is 0.466 e. The van der Waals surface area contributed by atoms with E-state index in [0.29, 0.717) is 50.2 Å². The summed E-state index contributed by atoms with van der Waals surface area (Å²) in [6.07, 6.45) is 1.13. The van der Waals surface area contributed by atoms with Crippen LogP contribution in [0.3, 0.4) is 0 Å². The first kappa shape index (κ1) is 24.9. The molecule has 1 aromatic heterocycles. The first-order chi connectivity index (χ1) is 16.7. The van der Waals surface area contributed by atoms with Crippen molar-refractivity contribution in [1.29, 1.82) is 0 Å². The smallest absolute Gasteiger partial charge is 0.309 e. The predicted molar refractivity (Wildman–Crippen MR) is 134 cm³/mol. The number of nitrogens with zero attached hydrogens (tertiary/aromatic N) is 3. The third-order valence-electron chi connectivity index (χ3n) is 6.46. The summed E-state index contributed by atoms with van der Waals surface area (Å²) in [5.74, 6) is -0.517. The number of fused-ring (bicyclic) bond motifs is 1. The topological polar surface area (TPSA) is 88.9 Å². The number of hydrogen-bond donors (Lipinski definition) is 0. The molecule has 0 saturated carbocycles. The number of hydrogen-bond acceptors (Lipinski definition) is 5. The second-order valence-corrected chi connectivity index (χ2v) is 11.1. The van der Waals surface area contributed by atoms with Crippen LogP contribution in [0.15, 0.2) is 59.5 Å². The van der Waals surface area contributed by atoms with Crippen LogP contribution in [0, 0.1) is 5.92 Å². The Morgan fingerprint density at radius 3 is 2.34 bits per heavy atom. The summed E-state index contributed by atoms with van der Waals surface area (Å²) in [7, 11) is -0.616. The number of benzene rings is 2. The minimum atomic E-state index is -3.61. The highest BCUT2D eigenvalue weighted by molar-refractivity contribution is 7.89. The molecule has 0 bridgehead atoms. The third kappa shape index (κ3) is 5.11. The van der Waals surface area contributed by atoms with E-state index in [1.54, 1.807) is 36.1 Å². The van der Waals surface area contributed by atoms with E-state index >= 15 is 0 Å². The minimum Gasteiger partial charge on any atom is -0.466 e. The fraction of sp³-hybridized carbons (Fsp3) is 0.385. The van der Waals surface area contributed by atoms with E-state index in [9.17, 15) is 18.0 Å². The number of amides is 1. The number of piperidine rings is 1. The average molecular weight is 498 g/mol. The molecule has 0 atom stereocenters. The number of sulfonamides is 1. The van der Waals surface area contributed by atoms with Crippen LogP contribution in [0.5, 0.6) is 0 Å². The van der Waals surface area contributed by atoms with Crippen molar-refractivity contribution < 1.29 is 22.7 Å². The highest BCUT2D eigenvalue weighted by atomic mass is 32.2. The molecule has 1 aliphatic rings. The molecule has 35 heavy (non-hydrogen) atoms. The molecular weight excluding hydrogens is 466 g/mol. The number of carbonyl (C=O) groups excluding carboxylic acids is 2. The van der Waals surface area contributed by atoms with Gasteiger partial charge in [-0.3, -0.25) is 9.59 Å². The summed E-state index contributed by atoms with van der Waals surface area (Å²) in [5.41, 5.74) is 2.32. The van der Waals surface area contributed by atoms with Crippen molar-refractivity contribution in [3.63, 3.8) is 0 Å². The maximum atomic E-state index is 13.6. The van der Waals surface area contributed by atoms with E-state index in [0.717, 1.165) is 11.1 Å². The molecule has 2 heterocycles. The van der Waals surface area contributed by atoms with Gasteiger partial charge in [-0.25, -0.2) is 12.7 Å². The molecule has 1 fully saturated rings. The zero-order valence-electron chi connectivity index (χ0n) is 20.3. The normalized spacial score (nSPS) is 15.0. The van der Waals surface area contributed by atoms with Gasteiger partial charge < -0.3 is 14.2 Å². The van der Waals surface area contributed by atoms with E-state index in [4.69, 9.17) is 4.74 Å². The number of rotatable bonds is 7. The minimum absolute atomic E-state index is 0.128. The molecule has 0 aliphatic carbocycles. The van der Waals surface area contributed by atoms with Crippen molar-refractivity contribution in [2.45, 2.75) is 31.2 Å². The summed E-state index contributed by atoms with van der Waals surface area (Å²) in [6.45, 7) is 3.55. The van der Waals surface area contributed by atoms with Gasteiger partial charge in [0, 0.05) is 44.6 Å². The van der Waals surface area contributed by atoms with Crippen molar-refractivity contribution >= 4 is 32.8 Å².